The summed E-state index contributed by atoms with van der Waals surface area (Å²) in [7, 11) is -5.62. The van der Waals surface area contributed by atoms with Gasteiger partial charge in [-0.15, -0.1) is 0 Å². The van der Waals surface area contributed by atoms with E-state index in [2.05, 4.69) is 0 Å². The van der Waals surface area contributed by atoms with Crippen molar-refractivity contribution in [2.45, 2.75) is 11.8 Å². The Kier molecular flexibility index (Phi) is 5.48. The van der Waals surface area contributed by atoms with Gasteiger partial charge < -0.3 is 5.73 Å². The summed E-state index contributed by atoms with van der Waals surface area (Å²) >= 11 is 4.87. The fourth-order valence-electron chi connectivity index (χ4n) is 1.67. The van der Waals surface area contributed by atoms with Gasteiger partial charge in [0.25, 0.3) is 0 Å². The van der Waals surface area contributed by atoms with Crippen molar-refractivity contribution in [3.8, 4) is 0 Å². The third-order valence-corrected chi connectivity index (χ3v) is 5.95. The third-order valence-electron chi connectivity index (χ3n) is 2.95. The van der Waals surface area contributed by atoms with Gasteiger partial charge in [-0.1, -0.05) is 18.3 Å². The molecule has 0 saturated heterocycles. The number of sulfonamides is 1. The van der Waals surface area contributed by atoms with E-state index < -0.39 is 19.9 Å². The number of aryl methyl sites for hydroxylation is 1. The molecule has 0 aliphatic rings. The molecule has 1 aromatic rings. The molecule has 0 heterocycles. The zero-order chi connectivity index (χ0) is 16.4. The Morgan fingerprint density at radius 3 is 2.29 bits per heavy atom. The second kappa shape index (κ2) is 6.39. The smallest absolute Gasteiger partial charge is 0.242 e. The van der Waals surface area contributed by atoms with Crippen LogP contribution in [-0.2, 0) is 19.9 Å². The largest absolute Gasteiger partial charge is 0.389 e. The molecule has 21 heavy (non-hydrogen) atoms. The van der Waals surface area contributed by atoms with Crippen molar-refractivity contribution >= 4 is 37.1 Å². The van der Waals surface area contributed by atoms with Crippen LogP contribution in [0.4, 0.5) is 0 Å². The number of benzene rings is 1. The number of hydrogen-bond donors (Lipinski definition) is 1. The van der Waals surface area contributed by atoms with E-state index in [9.17, 15) is 16.8 Å². The van der Waals surface area contributed by atoms with E-state index in [-0.39, 0.29) is 22.2 Å². The molecule has 1 aromatic carbocycles. The van der Waals surface area contributed by atoms with Gasteiger partial charge >= 0.3 is 0 Å². The molecule has 0 amide bonds. The number of sulfone groups is 1. The summed E-state index contributed by atoms with van der Waals surface area (Å²) in [5, 5.41) is 0. The SMILES string of the molecule is Cc1cc(S(=O)(=O)N(C)CCS(C)(=O)=O)ccc1C(N)=S. The first kappa shape index (κ1) is 18.0. The van der Waals surface area contributed by atoms with Crippen LogP contribution in [0, 0.1) is 6.92 Å². The molecule has 0 bridgehead atoms. The maximum atomic E-state index is 12.3. The maximum absolute atomic E-state index is 12.3. The minimum absolute atomic E-state index is 0.0796. The Morgan fingerprint density at radius 1 is 1.29 bits per heavy atom. The monoisotopic (exact) mass is 350 g/mol. The summed E-state index contributed by atoms with van der Waals surface area (Å²) < 4.78 is 48.0. The van der Waals surface area contributed by atoms with Crippen LogP contribution in [0.2, 0.25) is 0 Å². The van der Waals surface area contributed by atoms with Crippen molar-refractivity contribution in [2.24, 2.45) is 5.73 Å². The van der Waals surface area contributed by atoms with Crippen LogP contribution in [0.15, 0.2) is 23.1 Å². The number of thiocarbonyl (C=S) groups is 1. The van der Waals surface area contributed by atoms with E-state index in [1.165, 1.54) is 19.2 Å². The minimum atomic E-state index is -3.74. The first-order valence-electron chi connectivity index (χ1n) is 5.99. The molecule has 0 unspecified atom stereocenters. The summed E-state index contributed by atoms with van der Waals surface area (Å²) in [4.78, 5) is 0.276. The molecule has 0 fully saturated rings. The van der Waals surface area contributed by atoms with Crippen LogP contribution in [0.3, 0.4) is 0 Å². The van der Waals surface area contributed by atoms with Gasteiger partial charge in [-0.2, -0.15) is 4.31 Å². The van der Waals surface area contributed by atoms with Gasteiger partial charge in [0.1, 0.15) is 14.8 Å². The quantitative estimate of drug-likeness (QED) is 0.741. The molecule has 2 N–H and O–H groups in total. The molecule has 9 heteroatoms. The Labute approximate surface area is 130 Å². The van der Waals surface area contributed by atoms with Gasteiger partial charge in [0.2, 0.25) is 10.0 Å². The van der Waals surface area contributed by atoms with Crippen molar-refractivity contribution in [1.82, 2.24) is 4.31 Å². The summed E-state index contributed by atoms with van der Waals surface area (Å²) in [6, 6.07) is 4.43. The van der Waals surface area contributed by atoms with Gasteiger partial charge in [-0.05, 0) is 24.6 Å². The Bertz CT molecular complexity index is 755. The number of nitrogens with zero attached hydrogens (tertiary/aromatic N) is 1. The van der Waals surface area contributed by atoms with Crippen molar-refractivity contribution in [3.05, 3.63) is 29.3 Å². The van der Waals surface area contributed by atoms with Crippen molar-refractivity contribution in [2.75, 3.05) is 25.6 Å². The van der Waals surface area contributed by atoms with E-state index in [0.717, 1.165) is 10.6 Å². The molecule has 0 aliphatic carbocycles. The van der Waals surface area contributed by atoms with E-state index in [1.807, 2.05) is 0 Å². The normalized spacial score (nSPS) is 12.6. The van der Waals surface area contributed by atoms with E-state index in [1.54, 1.807) is 13.0 Å². The standard InChI is InChI=1S/C12H18N2O4S3/c1-9-8-10(4-5-11(9)12(13)19)21(17,18)14(2)6-7-20(3,15)16/h4-5,8H,6-7H2,1-3H3,(H2,13,19). The van der Waals surface area contributed by atoms with Crippen LogP contribution >= 0.6 is 12.2 Å². The molecule has 118 valence electrons. The number of rotatable bonds is 6. The highest BCUT2D eigenvalue weighted by molar-refractivity contribution is 7.91. The van der Waals surface area contributed by atoms with Crippen molar-refractivity contribution in [3.63, 3.8) is 0 Å². The van der Waals surface area contributed by atoms with Gasteiger partial charge in [-0.3, -0.25) is 0 Å². The maximum Gasteiger partial charge on any atom is 0.242 e. The fourth-order valence-corrected chi connectivity index (χ4v) is 3.87. The average Bonchev–Trinajstić information content (AvgIpc) is 2.34. The van der Waals surface area contributed by atoms with Crippen LogP contribution in [-0.4, -0.2) is 51.7 Å². The lowest BCUT2D eigenvalue weighted by molar-refractivity contribution is 0.484. The van der Waals surface area contributed by atoms with Gasteiger partial charge in [0.15, 0.2) is 0 Å². The Morgan fingerprint density at radius 2 is 1.86 bits per heavy atom. The van der Waals surface area contributed by atoms with Crippen molar-refractivity contribution in [1.29, 1.82) is 0 Å². The van der Waals surface area contributed by atoms with E-state index in [4.69, 9.17) is 18.0 Å². The topological polar surface area (TPSA) is 97.5 Å². The van der Waals surface area contributed by atoms with Gasteiger partial charge in [0.05, 0.1) is 10.6 Å². The highest BCUT2D eigenvalue weighted by Crippen LogP contribution is 2.18. The van der Waals surface area contributed by atoms with Crippen LogP contribution < -0.4 is 5.73 Å². The lowest BCUT2D eigenvalue weighted by Crippen LogP contribution is -2.31. The van der Waals surface area contributed by atoms with Crippen molar-refractivity contribution < 1.29 is 16.8 Å². The highest BCUT2D eigenvalue weighted by atomic mass is 32.2. The molecular weight excluding hydrogens is 332 g/mol. The summed E-state index contributed by atoms with van der Waals surface area (Å²) in [6.45, 7) is 1.61. The summed E-state index contributed by atoms with van der Waals surface area (Å²) in [5.74, 6) is -0.229. The average molecular weight is 350 g/mol. The molecule has 0 atom stereocenters. The molecule has 6 nitrogen and oxygen atoms in total. The minimum Gasteiger partial charge on any atom is -0.389 e. The van der Waals surface area contributed by atoms with E-state index >= 15 is 0 Å². The van der Waals surface area contributed by atoms with Crippen LogP contribution in [0.1, 0.15) is 11.1 Å². The fraction of sp³-hybridized carbons (Fsp3) is 0.417. The Balaban J connectivity index is 3.08. The van der Waals surface area contributed by atoms with Crippen LogP contribution in [0.5, 0.6) is 0 Å². The third kappa shape index (κ3) is 4.73. The summed E-state index contributed by atoms with van der Waals surface area (Å²) in [6.07, 6.45) is 1.06. The lowest BCUT2D eigenvalue weighted by atomic mass is 10.1. The molecule has 0 aromatic heterocycles. The highest BCUT2D eigenvalue weighted by Gasteiger charge is 2.22. The van der Waals surface area contributed by atoms with Gasteiger partial charge in [-0.25, -0.2) is 16.8 Å². The number of nitrogens with two attached hydrogens (primary N) is 1. The Hall–Kier alpha value is -1.03. The second-order valence-electron chi connectivity index (χ2n) is 4.80. The molecule has 0 spiro atoms. The molecule has 0 saturated carbocycles. The molecule has 1 rings (SSSR count). The predicted octanol–water partition coefficient (Wildman–Crippen LogP) is 0.294. The van der Waals surface area contributed by atoms with E-state index in [0.29, 0.717) is 11.1 Å². The zero-order valence-electron chi connectivity index (χ0n) is 12.0. The van der Waals surface area contributed by atoms with Crippen LogP contribution in [0.25, 0.3) is 0 Å². The zero-order valence-corrected chi connectivity index (χ0v) is 14.5. The molecule has 0 radical (unpaired) electrons. The first-order chi connectivity index (χ1) is 9.45. The second-order valence-corrected chi connectivity index (χ2v) is 9.54. The summed E-state index contributed by atoms with van der Waals surface area (Å²) in [5.41, 5.74) is 6.80. The lowest BCUT2D eigenvalue weighted by Gasteiger charge is -2.17. The first-order valence-corrected chi connectivity index (χ1v) is 9.90. The molecule has 0 aliphatic heterocycles. The predicted molar refractivity (Wildman–Crippen MR) is 86.6 cm³/mol. The van der Waals surface area contributed by atoms with Gasteiger partial charge in [0, 0.05) is 25.4 Å². The number of hydrogen-bond acceptors (Lipinski definition) is 5. The molecular formula is C12H18N2O4S3.